The number of ether oxygens (including phenoxy) is 2. The van der Waals surface area contributed by atoms with Gasteiger partial charge in [0.05, 0.1) is 11.3 Å². The molecule has 1 amide bonds. The maximum Gasteiger partial charge on any atom is 0.254 e. The molecule has 0 spiro atoms. The van der Waals surface area contributed by atoms with Gasteiger partial charge in [-0.15, -0.1) is 11.8 Å². The Balaban J connectivity index is 1.42. The molecule has 0 bridgehead atoms. The molecule has 0 aliphatic carbocycles. The van der Waals surface area contributed by atoms with Crippen LogP contribution in [0.3, 0.4) is 0 Å². The summed E-state index contributed by atoms with van der Waals surface area (Å²) in [6, 6.07) is 9.22. The van der Waals surface area contributed by atoms with E-state index in [0.29, 0.717) is 41.9 Å². The first kappa shape index (κ1) is 19.3. The second-order valence-electron chi connectivity index (χ2n) is 6.61. The number of hydrogen-bond donors (Lipinski definition) is 1. The third-order valence-corrected chi connectivity index (χ3v) is 5.64. The highest BCUT2D eigenvalue weighted by molar-refractivity contribution is 7.98. The van der Waals surface area contributed by atoms with Crippen molar-refractivity contribution in [3.8, 4) is 11.5 Å². The van der Waals surface area contributed by atoms with Gasteiger partial charge < -0.3 is 19.3 Å². The Morgan fingerprint density at radius 3 is 2.79 bits per heavy atom. The zero-order valence-corrected chi connectivity index (χ0v) is 17.0. The van der Waals surface area contributed by atoms with Gasteiger partial charge in [-0.05, 0) is 43.7 Å². The summed E-state index contributed by atoms with van der Waals surface area (Å²) in [7, 11) is 0. The van der Waals surface area contributed by atoms with Crippen molar-refractivity contribution in [2.45, 2.75) is 31.2 Å². The number of benzene rings is 1. The Kier molecular flexibility index (Phi) is 5.71. The van der Waals surface area contributed by atoms with E-state index >= 15 is 0 Å². The molecule has 150 valence electrons. The molecule has 4 rings (SSSR count). The highest BCUT2D eigenvalue weighted by atomic mass is 32.2. The average molecular weight is 411 g/mol. The SMILES string of the molecule is Cc1noc(C)c1CSc1ncccc1C(=O)NCc1ccc2c(c1)OCCO2. The Morgan fingerprint density at radius 2 is 2.00 bits per heavy atom. The number of carbonyl (C=O) groups is 1. The van der Waals surface area contributed by atoms with E-state index < -0.39 is 0 Å². The van der Waals surface area contributed by atoms with E-state index in [1.54, 1.807) is 18.3 Å². The maximum absolute atomic E-state index is 12.8. The van der Waals surface area contributed by atoms with Gasteiger partial charge >= 0.3 is 0 Å². The topological polar surface area (TPSA) is 86.5 Å². The fourth-order valence-corrected chi connectivity index (χ4v) is 4.15. The van der Waals surface area contributed by atoms with Crippen LogP contribution >= 0.6 is 11.8 Å². The predicted octanol–water partition coefficient (Wildman–Crippen LogP) is 3.68. The van der Waals surface area contributed by atoms with Gasteiger partial charge in [0.25, 0.3) is 5.91 Å². The molecule has 3 aromatic rings. The molecule has 3 heterocycles. The molecule has 29 heavy (non-hydrogen) atoms. The summed E-state index contributed by atoms with van der Waals surface area (Å²) in [5.41, 5.74) is 3.37. The third kappa shape index (κ3) is 4.37. The molecule has 1 aliphatic heterocycles. The number of amides is 1. The Morgan fingerprint density at radius 1 is 1.17 bits per heavy atom. The first-order chi connectivity index (χ1) is 14.1. The van der Waals surface area contributed by atoms with Crippen molar-refractivity contribution in [2.75, 3.05) is 13.2 Å². The van der Waals surface area contributed by atoms with Gasteiger partial charge in [-0.1, -0.05) is 11.2 Å². The van der Waals surface area contributed by atoms with Crippen molar-refractivity contribution in [2.24, 2.45) is 0 Å². The molecule has 1 aliphatic rings. The van der Waals surface area contributed by atoms with Crippen LogP contribution in [-0.4, -0.2) is 29.3 Å². The number of aromatic nitrogens is 2. The van der Waals surface area contributed by atoms with Crippen molar-refractivity contribution in [1.29, 1.82) is 0 Å². The second-order valence-corrected chi connectivity index (χ2v) is 7.57. The number of carbonyl (C=O) groups excluding carboxylic acids is 1. The molecule has 0 saturated carbocycles. The van der Waals surface area contributed by atoms with E-state index in [4.69, 9.17) is 14.0 Å². The summed E-state index contributed by atoms with van der Waals surface area (Å²) in [6.45, 7) is 5.27. The van der Waals surface area contributed by atoms with E-state index in [9.17, 15) is 4.79 Å². The summed E-state index contributed by atoms with van der Waals surface area (Å²) in [4.78, 5) is 17.2. The fourth-order valence-electron chi connectivity index (χ4n) is 3.00. The number of thioether (sulfide) groups is 1. The second kappa shape index (κ2) is 8.57. The molecule has 0 radical (unpaired) electrons. The van der Waals surface area contributed by atoms with Crippen molar-refractivity contribution >= 4 is 17.7 Å². The number of fused-ring (bicyclic) bond motifs is 1. The Bertz CT molecular complexity index is 1020. The van der Waals surface area contributed by atoms with Crippen LogP contribution in [0.4, 0.5) is 0 Å². The molecule has 7 nitrogen and oxygen atoms in total. The monoisotopic (exact) mass is 411 g/mol. The van der Waals surface area contributed by atoms with Crippen molar-refractivity contribution < 1.29 is 18.8 Å². The fraction of sp³-hybridized carbons (Fsp3) is 0.286. The zero-order valence-electron chi connectivity index (χ0n) is 16.2. The number of pyridine rings is 1. The van der Waals surface area contributed by atoms with Crippen LogP contribution in [0.25, 0.3) is 0 Å². The van der Waals surface area contributed by atoms with Crippen molar-refractivity contribution in [3.05, 3.63) is 64.7 Å². The highest BCUT2D eigenvalue weighted by Crippen LogP contribution is 2.31. The molecular weight excluding hydrogens is 390 g/mol. The minimum Gasteiger partial charge on any atom is -0.486 e. The van der Waals surface area contributed by atoms with Crippen molar-refractivity contribution in [1.82, 2.24) is 15.5 Å². The summed E-state index contributed by atoms with van der Waals surface area (Å²) in [6.07, 6.45) is 1.69. The molecule has 1 aromatic carbocycles. The zero-order chi connectivity index (χ0) is 20.2. The Labute approximate surface area is 172 Å². The predicted molar refractivity (Wildman–Crippen MR) is 108 cm³/mol. The van der Waals surface area contributed by atoms with E-state index in [0.717, 1.165) is 28.3 Å². The molecule has 8 heteroatoms. The van der Waals surface area contributed by atoms with Crippen LogP contribution in [0.2, 0.25) is 0 Å². The molecule has 1 N–H and O–H groups in total. The first-order valence-corrected chi connectivity index (χ1v) is 10.3. The summed E-state index contributed by atoms with van der Waals surface area (Å²) >= 11 is 1.49. The van der Waals surface area contributed by atoms with Gasteiger partial charge in [0.2, 0.25) is 0 Å². The summed E-state index contributed by atoms with van der Waals surface area (Å²) in [5.74, 6) is 2.70. The smallest absolute Gasteiger partial charge is 0.254 e. The normalized spacial score (nSPS) is 12.6. The van der Waals surface area contributed by atoms with E-state index in [1.165, 1.54) is 11.8 Å². The van der Waals surface area contributed by atoms with Crippen molar-refractivity contribution in [3.63, 3.8) is 0 Å². The third-order valence-electron chi connectivity index (χ3n) is 4.61. The molecular formula is C21H21N3O4S. The van der Waals surface area contributed by atoms with Crippen LogP contribution in [-0.2, 0) is 12.3 Å². The van der Waals surface area contributed by atoms with Crippen LogP contribution < -0.4 is 14.8 Å². The van der Waals surface area contributed by atoms with E-state index in [2.05, 4.69) is 15.5 Å². The summed E-state index contributed by atoms with van der Waals surface area (Å²) < 4.78 is 16.3. The number of hydrogen-bond acceptors (Lipinski definition) is 7. The van der Waals surface area contributed by atoms with Crippen LogP contribution in [0.1, 0.15) is 32.9 Å². The van der Waals surface area contributed by atoms with Gasteiger partial charge in [-0.2, -0.15) is 0 Å². The van der Waals surface area contributed by atoms with E-state index in [-0.39, 0.29) is 5.91 Å². The van der Waals surface area contributed by atoms with Gasteiger partial charge in [0, 0.05) is 24.1 Å². The van der Waals surface area contributed by atoms with Crippen LogP contribution in [0, 0.1) is 13.8 Å². The number of aryl methyl sites for hydroxylation is 2. The number of rotatable bonds is 6. The van der Waals surface area contributed by atoms with Crippen LogP contribution in [0.5, 0.6) is 11.5 Å². The molecule has 0 saturated heterocycles. The number of nitrogens with one attached hydrogen (secondary N) is 1. The average Bonchev–Trinajstić information content (AvgIpc) is 3.08. The lowest BCUT2D eigenvalue weighted by molar-refractivity contribution is 0.0947. The highest BCUT2D eigenvalue weighted by Gasteiger charge is 2.16. The minimum absolute atomic E-state index is 0.172. The lowest BCUT2D eigenvalue weighted by atomic mass is 10.2. The lowest BCUT2D eigenvalue weighted by Crippen LogP contribution is -2.24. The van der Waals surface area contributed by atoms with Gasteiger partial charge in [0.15, 0.2) is 11.5 Å². The van der Waals surface area contributed by atoms with Gasteiger partial charge in [0.1, 0.15) is 24.0 Å². The van der Waals surface area contributed by atoms with Crippen LogP contribution in [0.15, 0.2) is 46.1 Å². The van der Waals surface area contributed by atoms with Gasteiger partial charge in [-0.3, -0.25) is 4.79 Å². The largest absolute Gasteiger partial charge is 0.486 e. The maximum atomic E-state index is 12.8. The number of nitrogens with zero attached hydrogens (tertiary/aromatic N) is 2. The Hall–Kier alpha value is -3.00. The summed E-state index contributed by atoms with van der Waals surface area (Å²) in [5, 5.41) is 7.60. The lowest BCUT2D eigenvalue weighted by Gasteiger charge is -2.19. The molecule has 0 unspecified atom stereocenters. The van der Waals surface area contributed by atoms with Gasteiger partial charge in [-0.25, -0.2) is 4.98 Å². The standard InChI is InChI=1S/C21H21N3O4S/c1-13-17(14(2)28-24-13)12-29-21-16(4-3-7-22-21)20(25)23-11-15-5-6-18-19(10-15)27-9-8-26-18/h3-7,10H,8-9,11-12H2,1-2H3,(H,23,25). The molecule has 0 atom stereocenters. The molecule has 2 aromatic heterocycles. The first-order valence-electron chi connectivity index (χ1n) is 9.28. The molecule has 0 fully saturated rings. The van der Waals surface area contributed by atoms with E-state index in [1.807, 2.05) is 32.0 Å². The quantitative estimate of drug-likeness (QED) is 0.619. The minimum atomic E-state index is -0.172.